The number of anilines is 2. The molecule has 0 aliphatic carbocycles. The Morgan fingerprint density at radius 3 is 2.81 bits per heavy atom. The molecule has 0 radical (unpaired) electrons. The van der Waals surface area contributed by atoms with Crippen LogP contribution in [-0.4, -0.2) is 47.4 Å². The average Bonchev–Trinajstić information content (AvgIpc) is 3.12. The lowest BCUT2D eigenvalue weighted by atomic mass is 10.2. The van der Waals surface area contributed by atoms with E-state index in [0.717, 1.165) is 65.3 Å². The maximum atomic E-state index is 12.4. The van der Waals surface area contributed by atoms with Crippen molar-refractivity contribution in [2.75, 3.05) is 42.9 Å². The number of aromatic nitrogens is 2. The molecule has 1 amide bonds. The molecule has 1 aromatic heterocycles. The zero-order valence-corrected chi connectivity index (χ0v) is 15.7. The van der Waals surface area contributed by atoms with Crippen LogP contribution in [0.15, 0.2) is 42.5 Å². The van der Waals surface area contributed by atoms with Crippen molar-refractivity contribution in [3.8, 4) is 0 Å². The normalized spacial score (nSPS) is 15.3. The molecule has 0 spiro atoms. The van der Waals surface area contributed by atoms with Gasteiger partial charge in [0.2, 0.25) is 0 Å². The molecule has 1 saturated heterocycles. The molecule has 8 heteroatoms. The number of nitrogens with zero attached hydrogens (tertiary/aromatic N) is 3. The number of carbonyl (C=O) groups excluding carboxylic acids is 1. The number of quaternary nitrogens is 1. The van der Waals surface area contributed by atoms with Gasteiger partial charge in [0.25, 0.3) is 5.91 Å². The van der Waals surface area contributed by atoms with E-state index >= 15 is 0 Å². The maximum absolute atomic E-state index is 12.4. The van der Waals surface area contributed by atoms with Crippen LogP contribution in [0.3, 0.4) is 0 Å². The monoisotopic (exact) mass is 388 g/mol. The second-order valence-electron chi connectivity index (χ2n) is 6.38. The summed E-state index contributed by atoms with van der Waals surface area (Å²) in [6, 6.07) is 13.6. The van der Waals surface area contributed by atoms with Crippen LogP contribution in [0.1, 0.15) is 0 Å². The van der Waals surface area contributed by atoms with Gasteiger partial charge in [-0.3, -0.25) is 4.79 Å². The van der Waals surface area contributed by atoms with E-state index in [-0.39, 0.29) is 5.91 Å². The van der Waals surface area contributed by atoms with Crippen LogP contribution in [0.5, 0.6) is 0 Å². The predicted molar refractivity (Wildman–Crippen MR) is 105 cm³/mol. The molecule has 1 aliphatic heterocycles. The van der Waals surface area contributed by atoms with Crippen molar-refractivity contribution in [3.63, 3.8) is 0 Å². The number of amides is 1. The van der Waals surface area contributed by atoms with E-state index in [1.807, 2.05) is 36.4 Å². The highest BCUT2D eigenvalue weighted by molar-refractivity contribution is 7.00. The van der Waals surface area contributed by atoms with Crippen LogP contribution in [0.4, 0.5) is 11.4 Å². The van der Waals surface area contributed by atoms with E-state index < -0.39 is 0 Å². The summed E-state index contributed by atoms with van der Waals surface area (Å²) in [7, 11) is 0. The molecule has 26 heavy (non-hydrogen) atoms. The van der Waals surface area contributed by atoms with Gasteiger partial charge in [0.15, 0.2) is 6.54 Å². The first-order valence-corrected chi connectivity index (χ1v) is 9.65. The number of benzene rings is 2. The molecule has 4 rings (SSSR count). The zero-order chi connectivity index (χ0) is 17.9. The van der Waals surface area contributed by atoms with Gasteiger partial charge in [0.05, 0.1) is 43.6 Å². The second kappa shape index (κ2) is 7.57. The number of halogens is 1. The van der Waals surface area contributed by atoms with E-state index in [4.69, 9.17) is 11.6 Å². The van der Waals surface area contributed by atoms with Crippen molar-refractivity contribution in [3.05, 3.63) is 47.5 Å². The van der Waals surface area contributed by atoms with Crippen LogP contribution in [-0.2, 0) is 4.79 Å². The summed E-state index contributed by atoms with van der Waals surface area (Å²) in [6.45, 7) is 4.12. The minimum Gasteiger partial charge on any atom is -0.360 e. The van der Waals surface area contributed by atoms with E-state index in [9.17, 15) is 4.79 Å². The van der Waals surface area contributed by atoms with Crippen LogP contribution < -0.4 is 15.1 Å². The lowest BCUT2D eigenvalue weighted by Crippen LogP contribution is -3.15. The summed E-state index contributed by atoms with van der Waals surface area (Å²) >= 11 is 7.24. The van der Waals surface area contributed by atoms with Crippen molar-refractivity contribution in [2.24, 2.45) is 0 Å². The summed E-state index contributed by atoms with van der Waals surface area (Å²) in [5.41, 5.74) is 3.45. The average molecular weight is 389 g/mol. The fraction of sp³-hybridized carbons (Fsp3) is 0.278. The Morgan fingerprint density at radius 1 is 1.19 bits per heavy atom. The maximum Gasteiger partial charge on any atom is 0.279 e. The van der Waals surface area contributed by atoms with Crippen LogP contribution in [0, 0.1) is 0 Å². The van der Waals surface area contributed by atoms with Gasteiger partial charge in [-0.25, -0.2) is 0 Å². The molecule has 134 valence electrons. The Balaban J connectivity index is 1.33. The Labute approximate surface area is 160 Å². The van der Waals surface area contributed by atoms with Crippen molar-refractivity contribution in [2.45, 2.75) is 0 Å². The fourth-order valence-corrected chi connectivity index (χ4v) is 3.99. The van der Waals surface area contributed by atoms with Crippen molar-refractivity contribution in [1.82, 2.24) is 8.75 Å². The summed E-state index contributed by atoms with van der Waals surface area (Å²) in [5, 5.41) is 3.73. The highest BCUT2D eigenvalue weighted by Gasteiger charge is 2.23. The van der Waals surface area contributed by atoms with Crippen LogP contribution in [0.25, 0.3) is 11.0 Å². The van der Waals surface area contributed by atoms with Gasteiger partial charge in [0, 0.05) is 10.7 Å². The molecule has 0 unspecified atom stereocenters. The molecule has 2 aromatic carbocycles. The van der Waals surface area contributed by atoms with Gasteiger partial charge < -0.3 is 15.1 Å². The van der Waals surface area contributed by atoms with Gasteiger partial charge >= 0.3 is 0 Å². The Bertz CT molecular complexity index is 923. The third kappa shape index (κ3) is 3.80. The van der Waals surface area contributed by atoms with Gasteiger partial charge in [-0.2, -0.15) is 8.75 Å². The Morgan fingerprint density at radius 2 is 2.00 bits per heavy atom. The summed E-state index contributed by atoms with van der Waals surface area (Å²) in [6.07, 6.45) is 0. The van der Waals surface area contributed by atoms with E-state index in [0.29, 0.717) is 6.54 Å². The molecule has 2 N–H and O–H groups in total. The fourth-order valence-electron chi connectivity index (χ4n) is 3.26. The predicted octanol–water partition coefficient (Wildman–Crippen LogP) is 1.69. The standard InChI is InChI=1S/C18H18ClN5OS/c19-13-3-1-4-14(11-13)24-9-7-23(8-10-24)12-17(25)20-15-5-2-6-16-18(15)22-26-21-16/h1-6,11H,7-10,12H2,(H,20,25)/p+1. The first-order valence-electron chi connectivity index (χ1n) is 8.54. The van der Waals surface area contributed by atoms with Gasteiger partial charge in [-0.05, 0) is 30.3 Å². The molecule has 0 saturated carbocycles. The SMILES string of the molecule is O=C(C[NH+]1CCN(c2cccc(Cl)c2)CC1)Nc1cccc2nsnc12. The molecule has 6 nitrogen and oxygen atoms in total. The third-order valence-electron chi connectivity index (χ3n) is 4.61. The molecular formula is C18H19ClN5OS+. The first kappa shape index (κ1) is 17.2. The molecule has 3 aromatic rings. The minimum absolute atomic E-state index is 0.0108. The number of hydrogen-bond acceptors (Lipinski definition) is 5. The largest absolute Gasteiger partial charge is 0.360 e. The number of rotatable bonds is 4. The van der Waals surface area contributed by atoms with Crippen LogP contribution >= 0.6 is 23.3 Å². The van der Waals surface area contributed by atoms with Crippen molar-refractivity contribution in [1.29, 1.82) is 0 Å². The number of fused-ring (bicyclic) bond motifs is 1. The molecule has 0 bridgehead atoms. The van der Waals surface area contributed by atoms with Gasteiger partial charge in [-0.1, -0.05) is 23.7 Å². The second-order valence-corrected chi connectivity index (χ2v) is 7.34. The molecule has 1 fully saturated rings. The Kier molecular flexibility index (Phi) is 5.01. The summed E-state index contributed by atoms with van der Waals surface area (Å²) < 4.78 is 8.47. The smallest absolute Gasteiger partial charge is 0.279 e. The van der Waals surface area contributed by atoms with Gasteiger partial charge in [0.1, 0.15) is 11.0 Å². The Hall–Kier alpha value is -2.22. The van der Waals surface area contributed by atoms with E-state index in [1.54, 1.807) is 0 Å². The molecule has 2 heterocycles. The third-order valence-corrected chi connectivity index (χ3v) is 5.39. The topological polar surface area (TPSA) is 62.6 Å². The quantitative estimate of drug-likeness (QED) is 0.714. The molecular weight excluding hydrogens is 370 g/mol. The summed E-state index contributed by atoms with van der Waals surface area (Å²) in [5.74, 6) is 0.0108. The summed E-state index contributed by atoms with van der Waals surface area (Å²) in [4.78, 5) is 16.0. The highest BCUT2D eigenvalue weighted by atomic mass is 35.5. The van der Waals surface area contributed by atoms with E-state index in [2.05, 4.69) is 25.0 Å². The zero-order valence-electron chi connectivity index (χ0n) is 14.1. The lowest BCUT2D eigenvalue weighted by molar-refractivity contribution is -0.892. The van der Waals surface area contributed by atoms with E-state index in [1.165, 1.54) is 4.90 Å². The van der Waals surface area contributed by atoms with Crippen LogP contribution in [0.2, 0.25) is 5.02 Å². The minimum atomic E-state index is 0.0108. The number of piperazine rings is 1. The van der Waals surface area contributed by atoms with Crippen molar-refractivity contribution >= 4 is 51.6 Å². The van der Waals surface area contributed by atoms with Gasteiger partial charge in [-0.15, -0.1) is 0 Å². The molecule has 0 atom stereocenters. The van der Waals surface area contributed by atoms with Crippen molar-refractivity contribution < 1.29 is 9.69 Å². The first-order chi connectivity index (χ1) is 12.7. The molecule has 1 aliphatic rings. The lowest BCUT2D eigenvalue weighted by Gasteiger charge is -2.33. The number of hydrogen-bond donors (Lipinski definition) is 2. The number of carbonyl (C=O) groups is 1. The highest BCUT2D eigenvalue weighted by Crippen LogP contribution is 2.21. The number of nitrogens with one attached hydrogen (secondary N) is 2.